The molecule has 0 aliphatic carbocycles. The Morgan fingerprint density at radius 3 is 2.59 bits per heavy atom. The van der Waals surface area contributed by atoms with Gasteiger partial charge in [0.2, 0.25) is 0 Å². The molecule has 0 heterocycles. The lowest BCUT2D eigenvalue weighted by Crippen LogP contribution is -2.32. The number of hydrogen-bond donors (Lipinski definition) is 2. The van der Waals surface area contributed by atoms with Crippen LogP contribution in [0.2, 0.25) is 0 Å². The molecule has 1 aromatic rings. The van der Waals surface area contributed by atoms with E-state index in [4.69, 9.17) is 5.73 Å². The molecular weight excluding hydrogens is 216 g/mol. The molecule has 4 heteroatoms. The number of methoxy groups -OCH3 is 1. The molecule has 0 radical (unpaired) electrons. The Morgan fingerprint density at radius 2 is 2.06 bits per heavy atom. The first-order valence-corrected chi connectivity index (χ1v) is 5.78. The Balaban J connectivity index is 2.53. The highest BCUT2D eigenvalue weighted by atomic mass is 16.5. The van der Waals surface area contributed by atoms with E-state index in [0.717, 1.165) is 13.0 Å². The molecule has 0 aliphatic rings. The van der Waals surface area contributed by atoms with Crippen LogP contribution >= 0.6 is 0 Å². The van der Waals surface area contributed by atoms with Gasteiger partial charge in [-0.05, 0) is 31.0 Å². The van der Waals surface area contributed by atoms with E-state index in [2.05, 4.69) is 17.0 Å². The number of benzene rings is 1. The minimum atomic E-state index is -0.300. The Bertz CT molecular complexity index is 349. The zero-order valence-electron chi connectivity index (χ0n) is 10.4. The van der Waals surface area contributed by atoms with Crippen molar-refractivity contribution < 1.29 is 9.53 Å². The smallest absolute Gasteiger partial charge is 0.337 e. The molecule has 0 saturated heterocycles. The Hall–Kier alpha value is -1.39. The molecule has 0 amide bonds. The average molecular weight is 236 g/mol. The van der Waals surface area contributed by atoms with E-state index in [1.165, 1.54) is 12.7 Å². The highest BCUT2D eigenvalue weighted by Gasteiger charge is 2.06. The molecule has 1 rings (SSSR count). The topological polar surface area (TPSA) is 64.3 Å². The normalized spacial score (nSPS) is 12.2. The summed E-state index contributed by atoms with van der Waals surface area (Å²) in [5.74, 6) is -0.300. The lowest BCUT2D eigenvalue weighted by atomic mass is 10.1. The third-order valence-electron chi connectivity index (χ3n) is 2.55. The molecule has 0 fully saturated rings. The largest absolute Gasteiger partial charge is 0.465 e. The van der Waals surface area contributed by atoms with Gasteiger partial charge >= 0.3 is 5.97 Å². The Morgan fingerprint density at radius 1 is 1.41 bits per heavy atom. The molecule has 0 saturated carbocycles. The number of esters is 1. The van der Waals surface area contributed by atoms with Gasteiger partial charge in [0.1, 0.15) is 0 Å². The van der Waals surface area contributed by atoms with Gasteiger partial charge in [0.15, 0.2) is 0 Å². The summed E-state index contributed by atoms with van der Waals surface area (Å²) in [6.45, 7) is 3.58. The fraction of sp³-hybridized carbons (Fsp3) is 0.462. The summed E-state index contributed by atoms with van der Waals surface area (Å²) in [4.78, 5) is 11.2. The average Bonchev–Trinajstić information content (AvgIpc) is 2.36. The van der Waals surface area contributed by atoms with Gasteiger partial charge in [-0.15, -0.1) is 0 Å². The predicted molar refractivity (Wildman–Crippen MR) is 68.0 cm³/mol. The molecule has 17 heavy (non-hydrogen) atoms. The van der Waals surface area contributed by atoms with E-state index in [1.807, 2.05) is 12.1 Å². The van der Waals surface area contributed by atoms with Crippen molar-refractivity contribution in [3.63, 3.8) is 0 Å². The standard InChI is InChI=1S/C13H20N2O2/c1-10(15-8-7-14)9-11-3-5-12(6-4-11)13(16)17-2/h3-6,10,15H,7-9,14H2,1-2H3. The quantitative estimate of drug-likeness (QED) is 0.722. The number of nitrogens with two attached hydrogens (primary N) is 1. The van der Waals surface area contributed by atoms with Gasteiger partial charge in [-0.2, -0.15) is 0 Å². The Kier molecular flexibility index (Phi) is 5.66. The molecule has 1 unspecified atom stereocenters. The van der Waals surface area contributed by atoms with Crippen molar-refractivity contribution in [1.29, 1.82) is 0 Å². The number of rotatable bonds is 6. The van der Waals surface area contributed by atoms with E-state index in [9.17, 15) is 4.79 Å². The number of nitrogens with one attached hydrogen (secondary N) is 1. The molecule has 1 aromatic carbocycles. The lowest BCUT2D eigenvalue weighted by Gasteiger charge is -2.13. The van der Waals surface area contributed by atoms with Crippen molar-refractivity contribution in [3.05, 3.63) is 35.4 Å². The summed E-state index contributed by atoms with van der Waals surface area (Å²) in [7, 11) is 1.38. The fourth-order valence-electron chi connectivity index (χ4n) is 1.65. The summed E-state index contributed by atoms with van der Waals surface area (Å²) in [6, 6.07) is 7.86. The second-order valence-electron chi connectivity index (χ2n) is 4.04. The van der Waals surface area contributed by atoms with E-state index in [0.29, 0.717) is 18.2 Å². The van der Waals surface area contributed by atoms with Crippen LogP contribution in [0.1, 0.15) is 22.8 Å². The minimum absolute atomic E-state index is 0.300. The SMILES string of the molecule is COC(=O)c1ccc(CC(C)NCCN)cc1. The van der Waals surface area contributed by atoms with Crippen molar-refractivity contribution in [2.75, 3.05) is 20.2 Å². The third kappa shape index (κ3) is 4.54. The second-order valence-corrected chi connectivity index (χ2v) is 4.04. The summed E-state index contributed by atoms with van der Waals surface area (Å²) in [5, 5.41) is 3.31. The summed E-state index contributed by atoms with van der Waals surface area (Å²) in [6.07, 6.45) is 0.918. The number of carbonyl (C=O) groups excluding carboxylic acids is 1. The van der Waals surface area contributed by atoms with Crippen LogP contribution in [0.5, 0.6) is 0 Å². The van der Waals surface area contributed by atoms with Crippen molar-refractivity contribution in [1.82, 2.24) is 5.32 Å². The maximum Gasteiger partial charge on any atom is 0.337 e. The van der Waals surface area contributed by atoms with Crippen LogP contribution in [0.4, 0.5) is 0 Å². The maximum atomic E-state index is 11.2. The molecule has 0 spiro atoms. The van der Waals surface area contributed by atoms with Crippen molar-refractivity contribution in [2.24, 2.45) is 5.73 Å². The maximum absolute atomic E-state index is 11.2. The van der Waals surface area contributed by atoms with Crippen LogP contribution in [0.15, 0.2) is 24.3 Å². The van der Waals surface area contributed by atoms with E-state index < -0.39 is 0 Å². The van der Waals surface area contributed by atoms with Gasteiger partial charge < -0.3 is 15.8 Å². The van der Waals surface area contributed by atoms with Gasteiger partial charge in [0.05, 0.1) is 12.7 Å². The summed E-state index contributed by atoms with van der Waals surface area (Å²) >= 11 is 0. The zero-order valence-corrected chi connectivity index (χ0v) is 10.4. The highest BCUT2D eigenvalue weighted by molar-refractivity contribution is 5.89. The molecule has 0 aliphatic heterocycles. The van der Waals surface area contributed by atoms with Crippen LogP contribution in [-0.2, 0) is 11.2 Å². The summed E-state index contributed by atoms with van der Waals surface area (Å²) < 4.78 is 4.65. The van der Waals surface area contributed by atoms with Crippen molar-refractivity contribution in [3.8, 4) is 0 Å². The van der Waals surface area contributed by atoms with Crippen LogP contribution in [0.3, 0.4) is 0 Å². The number of hydrogen-bond acceptors (Lipinski definition) is 4. The molecular formula is C13H20N2O2. The van der Waals surface area contributed by atoms with Crippen LogP contribution in [-0.4, -0.2) is 32.2 Å². The number of ether oxygens (including phenoxy) is 1. The lowest BCUT2D eigenvalue weighted by molar-refractivity contribution is 0.0600. The first-order chi connectivity index (χ1) is 8.17. The first-order valence-electron chi connectivity index (χ1n) is 5.78. The molecule has 4 nitrogen and oxygen atoms in total. The van der Waals surface area contributed by atoms with E-state index >= 15 is 0 Å². The molecule has 0 aromatic heterocycles. The Labute approximate surface area is 102 Å². The van der Waals surface area contributed by atoms with Gasteiger partial charge in [-0.3, -0.25) is 0 Å². The van der Waals surface area contributed by atoms with Gasteiger partial charge in [-0.25, -0.2) is 4.79 Å². The first kappa shape index (κ1) is 13.7. The van der Waals surface area contributed by atoms with Gasteiger partial charge in [0, 0.05) is 19.1 Å². The monoisotopic (exact) mass is 236 g/mol. The molecule has 1 atom stereocenters. The van der Waals surface area contributed by atoms with Crippen molar-refractivity contribution in [2.45, 2.75) is 19.4 Å². The summed E-state index contributed by atoms with van der Waals surface area (Å²) in [5.41, 5.74) is 7.20. The molecule has 94 valence electrons. The predicted octanol–water partition coefficient (Wildman–Crippen LogP) is 0.953. The minimum Gasteiger partial charge on any atom is -0.465 e. The second kappa shape index (κ2) is 7.04. The third-order valence-corrected chi connectivity index (χ3v) is 2.55. The van der Waals surface area contributed by atoms with Gasteiger partial charge in [-0.1, -0.05) is 12.1 Å². The highest BCUT2D eigenvalue weighted by Crippen LogP contribution is 2.07. The molecule has 3 N–H and O–H groups in total. The van der Waals surface area contributed by atoms with Gasteiger partial charge in [0.25, 0.3) is 0 Å². The fourth-order valence-corrected chi connectivity index (χ4v) is 1.65. The van der Waals surface area contributed by atoms with E-state index in [1.54, 1.807) is 12.1 Å². The van der Waals surface area contributed by atoms with Crippen molar-refractivity contribution >= 4 is 5.97 Å². The number of carbonyl (C=O) groups is 1. The molecule has 0 bridgehead atoms. The van der Waals surface area contributed by atoms with Crippen LogP contribution in [0, 0.1) is 0 Å². The van der Waals surface area contributed by atoms with E-state index in [-0.39, 0.29) is 5.97 Å². The zero-order chi connectivity index (χ0) is 12.7. The van der Waals surface area contributed by atoms with Crippen LogP contribution < -0.4 is 11.1 Å². The van der Waals surface area contributed by atoms with Crippen LogP contribution in [0.25, 0.3) is 0 Å².